The zero-order valence-corrected chi connectivity index (χ0v) is 9.53. The molecule has 0 aromatic heterocycles. The van der Waals surface area contributed by atoms with E-state index in [2.05, 4.69) is 0 Å². The maximum absolute atomic E-state index is 12.3. The van der Waals surface area contributed by atoms with Crippen molar-refractivity contribution in [2.24, 2.45) is 0 Å². The van der Waals surface area contributed by atoms with Gasteiger partial charge in [0.25, 0.3) is 0 Å². The van der Waals surface area contributed by atoms with Gasteiger partial charge in [0.2, 0.25) is 0 Å². The first-order valence-electron chi connectivity index (χ1n) is 5.36. The third-order valence-electron chi connectivity index (χ3n) is 2.74. The molecule has 2 aromatic carbocycles. The van der Waals surface area contributed by atoms with Crippen LogP contribution in [0.25, 0.3) is 0 Å². The van der Waals surface area contributed by atoms with E-state index in [-0.39, 0.29) is 5.78 Å². The van der Waals surface area contributed by atoms with Crippen molar-refractivity contribution in [1.82, 2.24) is 0 Å². The van der Waals surface area contributed by atoms with Gasteiger partial charge in [-0.3, -0.25) is 4.79 Å². The molecule has 0 unspecified atom stereocenters. The number of carbonyl (C=O) groups is 1. The van der Waals surface area contributed by atoms with Crippen LogP contribution in [0.1, 0.15) is 27.0 Å². The van der Waals surface area contributed by atoms with E-state index in [1.54, 1.807) is 0 Å². The Kier molecular flexibility index (Phi) is 2.86. The molecular formula is C15H14O. The molecule has 2 rings (SSSR count). The van der Waals surface area contributed by atoms with E-state index in [0.29, 0.717) is 0 Å². The summed E-state index contributed by atoms with van der Waals surface area (Å²) >= 11 is 0. The van der Waals surface area contributed by atoms with E-state index in [4.69, 9.17) is 0 Å². The molecule has 0 radical (unpaired) electrons. The highest BCUT2D eigenvalue weighted by atomic mass is 16.1. The van der Waals surface area contributed by atoms with E-state index in [9.17, 15) is 4.79 Å². The predicted molar refractivity (Wildman–Crippen MR) is 65.8 cm³/mol. The first kappa shape index (κ1) is 10.6. The Morgan fingerprint density at radius 2 is 1.38 bits per heavy atom. The number of benzene rings is 2. The molecule has 0 aliphatic heterocycles. The van der Waals surface area contributed by atoms with Gasteiger partial charge >= 0.3 is 0 Å². The summed E-state index contributed by atoms with van der Waals surface area (Å²) in [6.45, 7) is 3.95. The van der Waals surface area contributed by atoms with E-state index in [1.807, 2.05) is 62.4 Å². The van der Waals surface area contributed by atoms with Crippen molar-refractivity contribution in [3.63, 3.8) is 0 Å². The molecule has 1 nitrogen and oxygen atoms in total. The van der Waals surface area contributed by atoms with E-state index in [0.717, 1.165) is 22.3 Å². The Bertz CT molecular complexity index is 492. The van der Waals surface area contributed by atoms with E-state index in [1.165, 1.54) is 0 Å². The third-order valence-corrected chi connectivity index (χ3v) is 2.74. The molecule has 2 aromatic rings. The monoisotopic (exact) mass is 210 g/mol. The predicted octanol–water partition coefficient (Wildman–Crippen LogP) is 3.53. The Labute approximate surface area is 95.7 Å². The largest absolute Gasteiger partial charge is 0.289 e. The van der Waals surface area contributed by atoms with Crippen LogP contribution in [0.5, 0.6) is 0 Å². The van der Waals surface area contributed by atoms with Crippen LogP contribution in [0.4, 0.5) is 0 Å². The lowest BCUT2D eigenvalue weighted by Crippen LogP contribution is -2.05. The maximum Gasteiger partial charge on any atom is 0.193 e. The summed E-state index contributed by atoms with van der Waals surface area (Å²) in [5.74, 6) is 0.108. The maximum atomic E-state index is 12.3. The first-order valence-corrected chi connectivity index (χ1v) is 5.36. The van der Waals surface area contributed by atoms with E-state index < -0.39 is 0 Å². The van der Waals surface area contributed by atoms with Gasteiger partial charge in [-0.25, -0.2) is 0 Å². The zero-order valence-electron chi connectivity index (χ0n) is 9.53. The molecule has 0 N–H and O–H groups in total. The molecule has 16 heavy (non-hydrogen) atoms. The highest BCUT2D eigenvalue weighted by molar-refractivity contribution is 6.10. The number of rotatable bonds is 2. The van der Waals surface area contributed by atoms with Crippen LogP contribution in [0.2, 0.25) is 0 Å². The summed E-state index contributed by atoms with van der Waals surface area (Å²) in [4.78, 5) is 12.3. The SMILES string of the molecule is Cc1cccc(C)c1C(=O)c1ccccc1. The molecule has 80 valence electrons. The fourth-order valence-corrected chi connectivity index (χ4v) is 1.91. The molecule has 0 saturated heterocycles. The van der Waals surface area contributed by atoms with Gasteiger partial charge < -0.3 is 0 Å². The van der Waals surface area contributed by atoms with Gasteiger partial charge in [0.05, 0.1) is 0 Å². The molecular weight excluding hydrogens is 196 g/mol. The highest BCUT2D eigenvalue weighted by Gasteiger charge is 2.13. The lowest BCUT2D eigenvalue weighted by atomic mass is 9.95. The molecule has 0 aliphatic carbocycles. The normalized spacial score (nSPS) is 10.1. The Morgan fingerprint density at radius 1 is 0.812 bits per heavy atom. The lowest BCUT2D eigenvalue weighted by molar-refractivity contribution is 0.103. The number of aryl methyl sites for hydroxylation is 2. The minimum absolute atomic E-state index is 0.108. The van der Waals surface area contributed by atoms with Crippen molar-refractivity contribution in [1.29, 1.82) is 0 Å². The minimum atomic E-state index is 0.108. The van der Waals surface area contributed by atoms with Crippen molar-refractivity contribution >= 4 is 5.78 Å². The molecule has 0 fully saturated rings. The van der Waals surface area contributed by atoms with Gasteiger partial charge in [-0.15, -0.1) is 0 Å². The van der Waals surface area contributed by atoms with Crippen molar-refractivity contribution in [3.8, 4) is 0 Å². The summed E-state index contributed by atoms with van der Waals surface area (Å²) in [5.41, 5.74) is 3.65. The lowest BCUT2D eigenvalue weighted by Gasteiger charge is -2.08. The molecule has 0 atom stereocenters. The number of carbonyl (C=O) groups excluding carboxylic acids is 1. The molecule has 1 heteroatoms. The van der Waals surface area contributed by atoms with Crippen molar-refractivity contribution in [2.75, 3.05) is 0 Å². The summed E-state index contributed by atoms with van der Waals surface area (Å²) < 4.78 is 0. The summed E-state index contributed by atoms with van der Waals surface area (Å²) in [5, 5.41) is 0. The van der Waals surface area contributed by atoms with Gasteiger partial charge in [0.1, 0.15) is 0 Å². The average Bonchev–Trinajstić information content (AvgIpc) is 2.30. The number of ketones is 1. The summed E-state index contributed by atoms with van der Waals surface area (Å²) in [7, 11) is 0. The second-order valence-corrected chi connectivity index (χ2v) is 3.96. The minimum Gasteiger partial charge on any atom is -0.289 e. The Hall–Kier alpha value is -1.89. The van der Waals surface area contributed by atoms with Crippen LogP contribution in [0.3, 0.4) is 0 Å². The highest BCUT2D eigenvalue weighted by Crippen LogP contribution is 2.17. The van der Waals surface area contributed by atoms with Crippen LogP contribution in [-0.2, 0) is 0 Å². The van der Waals surface area contributed by atoms with Crippen molar-refractivity contribution in [2.45, 2.75) is 13.8 Å². The van der Waals surface area contributed by atoms with Crippen LogP contribution >= 0.6 is 0 Å². The smallest absolute Gasteiger partial charge is 0.193 e. The fourth-order valence-electron chi connectivity index (χ4n) is 1.91. The van der Waals surface area contributed by atoms with Gasteiger partial charge in [-0.05, 0) is 25.0 Å². The van der Waals surface area contributed by atoms with Gasteiger partial charge in [-0.2, -0.15) is 0 Å². The molecule has 0 amide bonds. The van der Waals surface area contributed by atoms with Crippen LogP contribution in [0, 0.1) is 13.8 Å². The quantitative estimate of drug-likeness (QED) is 0.693. The fraction of sp³-hybridized carbons (Fsp3) is 0.133. The molecule has 0 saturated carbocycles. The van der Waals surface area contributed by atoms with Crippen LogP contribution in [0.15, 0.2) is 48.5 Å². The number of hydrogen-bond acceptors (Lipinski definition) is 1. The summed E-state index contributed by atoms with van der Waals surface area (Å²) in [6, 6.07) is 15.3. The zero-order chi connectivity index (χ0) is 11.5. The van der Waals surface area contributed by atoms with Gasteiger partial charge in [0, 0.05) is 11.1 Å². The molecule has 0 heterocycles. The third kappa shape index (κ3) is 1.89. The van der Waals surface area contributed by atoms with E-state index >= 15 is 0 Å². The summed E-state index contributed by atoms with van der Waals surface area (Å²) in [6.07, 6.45) is 0. The average molecular weight is 210 g/mol. The van der Waals surface area contributed by atoms with Crippen LogP contribution < -0.4 is 0 Å². The van der Waals surface area contributed by atoms with Gasteiger partial charge in [-0.1, -0.05) is 48.5 Å². The standard InChI is InChI=1S/C15H14O/c1-11-7-6-8-12(2)14(11)15(16)13-9-4-3-5-10-13/h3-10H,1-2H3. The molecule has 0 bridgehead atoms. The topological polar surface area (TPSA) is 17.1 Å². The second kappa shape index (κ2) is 4.31. The van der Waals surface area contributed by atoms with Gasteiger partial charge in [0.15, 0.2) is 5.78 Å². The molecule has 0 spiro atoms. The first-order chi connectivity index (χ1) is 7.70. The number of hydrogen-bond donors (Lipinski definition) is 0. The second-order valence-electron chi connectivity index (χ2n) is 3.96. The van der Waals surface area contributed by atoms with Crippen molar-refractivity contribution in [3.05, 3.63) is 70.8 Å². The van der Waals surface area contributed by atoms with Crippen molar-refractivity contribution < 1.29 is 4.79 Å². The Morgan fingerprint density at radius 3 is 1.94 bits per heavy atom. The Balaban J connectivity index is 2.50. The van der Waals surface area contributed by atoms with Crippen LogP contribution in [-0.4, -0.2) is 5.78 Å². The molecule has 0 aliphatic rings.